The van der Waals surface area contributed by atoms with Crippen LogP contribution in [-0.4, -0.2) is 17.0 Å². The summed E-state index contributed by atoms with van der Waals surface area (Å²) in [6, 6.07) is 1.65. The van der Waals surface area contributed by atoms with E-state index in [9.17, 15) is 22.8 Å². The van der Waals surface area contributed by atoms with Gasteiger partial charge in [-0.05, 0) is 31.4 Å². The minimum Gasteiger partial charge on any atom is -0.481 e. The van der Waals surface area contributed by atoms with Crippen LogP contribution in [0.2, 0.25) is 0 Å². The fourth-order valence-electron chi connectivity index (χ4n) is 2.51. The van der Waals surface area contributed by atoms with E-state index in [1.165, 1.54) is 0 Å². The number of halogens is 3. The molecular formula is C14H14F3NO3. The van der Waals surface area contributed by atoms with Crippen molar-refractivity contribution in [2.75, 3.05) is 5.32 Å². The number of carbonyl (C=O) groups excluding carboxylic acids is 1. The number of amides is 1. The van der Waals surface area contributed by atoms with Gasteiger partial charge in [0.1, 0.15) is 0 Å². The Morgan fingerprint density at radius 2 is 1.76 bits per heavy atom. The van der Waals surface area contributed by atoms with Crippen molar-refractivity contribution in [3.05, 3.63) is 29.6 Å². The smallest absolute Gasteiger partial charge is 0.306 e. The number of anilines is 1. The highest BCUT2D eigenvalue weighted by Gasteiger charge is 2.31. The van der Waals surface area contributed by atoms with E-state index in [0.29, 0.717) is 19.3 Å². The summed E-state index contributed by atoms with van der Waals surface area (Å²) in [6.07, 6.45) is 1.72. The lowest BCUT2D eigenvalue weighted by molar-refractivity contribution is -0.143. The summed E-state index contributed by atoms with van der Waals surface area (Å²) in [5, 5.41) is 11.1. The number of rotatable bonds is 3. The van der Waals surface area contributed by atoms with E-state index >= 15 is 0 Å². The molecule has 2 N–H and O–H groups in total. The zero-order valence-corrected chi connectivity index (χ0v) is 11.0. The summed E-state index contributed by atoms with van der Waals surface area (Å²) in [5.41, 5.74) is -0.448. The van der Waals surface area contributed by atoms with Gasteiger partial charge in [0.15, 0.2) is 17.5 Å². The molecule has 1 aliphatic rings. The molecule has 114 valence electrons. The van der Waals surface area contributed by atoms with E-state index < -0.39 is 46.9 Å². The molecule has 0 aliphatic heterocycles. The predicted octanol–water partition coefficient (Wildman–Crippen LogP) is 2.93. The molecule has 0 bridgehead atoms. The molecule has 21 heavy (non-hydrogen) atoms. The standard InChI is InChI=1S/C14H14F3NO3/c15-9-4-5-10(12(17)11(9)16)18-13(19)7-2-1-3-8(6-7)14(20)21/h4-5,7-8H,1-3,6H2,(H,18,19)(H,20,21). The Morgan fingerprint density at radius 1 is 1.10 bits per heavy atom. The molecular weight excluding hydrogens is 287 g/mol. The van der Waals surface area contributed by atoms with Crippen LogP contribution in [0.3, 0.4) is 0 Å². The zero-order chi connectivity index (χ0) is 15.6. The maximum absolute atomic E-state index is 13.5. The van der Waals surface area contributed by atoms with Gasteiger partial charge in [-0.1, -0.05) is 6.42 Å². The second kappa shape index (κ2) is 6.15. The summed E-state index contributed by atoms with van der Waals surface area (Å²) in [6.45, 7) is 0. The number of carboxylic acids is 1. The zero-order valence-electron chi connectivity index (χ0n) is 11.0. The van der Waals surface area contributed by atoms with Crippen molar-refractivity contribution in [1.29, 1.82) is 0 Å². The van der Waals surface area contributed by atoms with Crippen molar-refractivity contribution in [3.63, 3.8) is 0 Å². The fraction of sp³-hybridized carbons (Fsp3) is 0.429. The van der Waals surface area contributed by atoms with Crippen molar-refractivity contribution in [2.24, 2.45) is 11.8 Å². The monoisotopic (exact) mass is 301 g/mol. The lowest BCUT2D eigenvalue weighted by Crippen LogP contribution is -2.31. The molecule has 1 saturated carbocycles. The Kier molecular flexibility index (Phi) is 4.50. The number of carbonyl (C=O) groups is 2. The molecule has 7 heteroatoms. The molecule has 1 aliphatic carbocycles. The molecule has 1 aromatic rings. The average molecular weight is 301 g/mol. The maximum Gasteiger partial charge on any atom is 0.306 e. The maximum atomic E-state index is 13.5. The molecule has 1 fully saturated rings. The van der Waals surface area contributed by atoms with Gasteiger partial charge in [0, 0.05) is 5.92 Å². The van der Waals surface area contributed by atoms with Gasteiger partial charge in [-0.3, -0.25) is 9.59 Å². The number of carboxylic acid groups (broad SMARTS) is 1. The summed E-state index contributed by atoms with van der Waals surface area (Å²) >= 11 is 0. The van der Waals surface area contributed by atoms with Crippen molar-refractivity contribution in [1.82, 2.24) is 0 Å². The van der Waals surface area contributed by atoms with Crippen LogP contribution in [0, 0.1) is 29.3 Å². The molecule has 0 aromatic heterocycles. The number of aliphatic carboxylic acids is 1. The average Bonchev–Trinajstić information content (AvgIpc) is 2.48. The Hall–Kier alpha value is -2.05. The van der Waals surface area contributed by atoms with Crippen molar-refractivity contribution in [3.8, 4) is 0 Å². The molecule has 2 atom stereocenters. The number of benzene rings is 1. The van der Waals surface area contributed by atoms with Gasteiger partial charge in [-0.2, -0.15) is 0 Å². The van der Waals surface area contributed by atoms with Gasteiger partial charge in [0.05, 0.1) is 11.6 Å². The highest BCUT2D eigenvalue weighted by Crippen LogP contribution is 2.30. The van der Waals surface area contributed by atoms with Crippen molar-refractivity contribution < 1.29 is 27.9 Å². The summed E-state index contributed by atoms with van der Waals surface area (Å²) < 4.78 is 39.3. The van der Waals surface area contributed by atoms with Crippen LogP contribution in [0.4, 0.5) is 18.9 Å². The van der Waals surface area contributed by atoms with Crippen molar-refractivity contribution in [2.45, 2.75) is 25.7 Å². The van der Waals surface area contributed by atoms with Gasteiger partial charge in [0.2, 0.25) is 5.91 Å². The quantitative estimate of drug-likeness (QED) is 0.844. The normalized spacial score (nSPS) is 21.9. The first-order chi connectivity index (χ1) is 9.90. The van der Waals surface area contributed by atoms with Gasteiger partial charge >= 0.3 is 5.97 Å². The van der Waals surface area contributed by atoms with Crippen LogP contribution >= 0.6 is 0 Å². The minimum absolute atomic E-state index is 0.159. The van der Waals surface area contributed by atoms with Crippen LogP contribution in [0.1, 0.15) is 25.7 Å². The number of hydrogen-bond acceptors (Lipinski definition) is 2. The Morgan fingerprint density at radius 3 is 2.43 bits per heavy atom. The molecule has 0 saturated heterocycles. The number of nitrogens with one attached hydrogen (secondary N) is 1. The molecule has 1 amide bonds. The molecule has 0 heterocycles. The Balaban J connectivity index is 2.08. The summed E-state index contributed by atoms with van der Waals surface area (Å²) in [4.78, 5) is 22.9. The van der Waals surface area contributed by atoms with Crippen LogP contribution in [-0.2, 0) is 9.59 Å². The highest BCUT2D eigenvalue weighted by atomic mass is 19.2. The molecule has 2 rings (SSSR count). The molecule has 4 nitrogen and oxygen atoms in total. The van der Waals surface area contributed by atoms with Gasteiger partial charge in [0.25, 0.3) is 0 Å². The molecule has 0 spiro atoms. The number of hydrogen-bond donors (Lipinski definition) is 2. The van der Waals surface area contributed by atoms with E-state index in [1.54, 1.807) is 0 Å². The fourth-order valence-corrected chi connectivity index (χ4v) is 2.51. The minimum atomic E-state index is -1.65. The van der Waals surface area contributed by atoms with Gasteiger partial charge in [-0.25, -0.2) is 13.2 Å². The lowest BCUT2D eigenvalue weighted by atomic mass is 9.81. The SMILES string of the molecule is O=C(O)C1CCCC(C(=O)Nc2ccc(F)c(F)c2F)C1. The van der Waals surface area contributed by atoms with Crippen LogP contribution < -0.4 is 5.32 Å². The first-order valence-electron chi connectivity index (χ1n) is 6.57. The van der Waals surface area contributed by atoms with Crippen molar-refractivity contribution >= 4 is 17.6 Å². The topological polar surface area (TPSA) is 66.4 Å². The lowest BCUT2D eigenvalue weighted by Gasteiger charge is -2.25. The summed E-state index contributed by atoms with van der Waals surface area (Å²) in [7, 11) is 0. The van der Waals surface area contributed by atoms with Gasteiger partial charge < -0.3 is 10.4 Å². The van der Waals surface area contributed by atoms with E-state index in [1.807, 2.05) is 0 Å². The first-order valence-corrected chi connectivity index (χ1v) is 6.57. The van der Waals surface area contributed by atoms with Crippen LogP contribution in [0.5, 0.6) is 0 Å². The molecule has 1 aromatic carbocycles. The van der Waals surface area contributed by atoms with E-state index in [-0.39, 0.29) is 6.42 Å². The Bertz CT molecular complexity index is 577. The van der Waals surface area contributed by atoms with Crippen LogP contribution in [0.25, 0.3) is 0 Å². The molecule has 2 unspecified atom stereocenters. The third kappa shape index (κ3) is 3.34. The second-order valence-electron chi connectivity index (χ2n) is 5.11. The predicted molar refractivity (Wildman–Crippen MR) is 68.0 cm³/mol. The molecule has 0 radical (unpaired) electrons. The third-order valence-electron chi connectivity index (χ3n) is 3.69. The largest absolute Gasteiger partial charge is 0.481 e. The van der Waals surface area contributed by atoms with Gasteiger partial charge in [-0.15, -0.1) is 0 Å². The summed E-state index contributed by atoms with van der Waals surface area (Å²) in [5.74, 6) is -7.18. The second-order valence-corrected chi connectivity index (χ2v) is 5.11. The van der Waals surface area contributed by atoms with E-state index in [4.69, 9.17) is 5.11 Å². The van der Waals surface area contributed by atoms with E-state index in [2.05, 4.69) is 5.32 Å². The third-order valence-corrected chi connectivity index (χ3v) is 3.69. The first kappa shape index (κ1) is 15.3. The Labute approximate surface area is 119 Å². The van der Waals surface area contributed by atoms with E-state index in [0.717, 1.165) is 12.1 Å². The highest BCUT2D eigenvalue weighted by molar-refractivity contribution is 5.93. The van der Waals surface area contributed by atoms with Crippen LogP contribution in [0.15, 0.2) is 12.1 Å².